The van der Waals surface area contributed by atoms with E-state index in [-0.39, 0.29) is 6.42 Å². The van der Waals surface area contributed by atoms with Crippen molar-refractivity contribution in [1.82, 2.24) is 0 Å². The fourth-order valence-electron chi connectivity index (χ4n) is 1.37. The summed E-state index contributed by atoms with van der Waals surface area (Å²) in [6.07, 6.45) is -0.793. The molecule has 1 aromatic carbocycles. The van der Waals surface area contributed by atoms with Crippen LogP contribution in [0, 0.1) is 10.1 Å². The molecule has 0 aliphatic rings. The molecular formula is C10H12ClNO3. The van der Waals surface area contributed by atoms with Gasteiger partial charge in [0.2, 0.25) is 6.04 Å². The van der Waals surface area contributed by atoms with Crippen LogP contribution in [0.25, 0.3) is 0 Å². The zero-order chi connectivity index (χ0) is 11.4. The van der Waals surface area contributed by atoms with Crippen LogP contribution in [0.5, 0.6) is 0 Å². The van der Waals surface area contributed by atoms with Crippen molar-refractivity contribution >= 4 is 11.6 Å². The quantitative estimate of drug-likeness (QED) is 0.637. The average molecular weight is 230 g/mol. The molecule has 5 heteroatoms. The number of rotatable bonds is 4. The summed E-state index contributed by atoms with van der Waals surface area (Å²) < 4.78 is 0. The molecule has 0 saturated heterocycles. The molecule has 0 radical (unpaired) electrons. The average Bonchev–Trinajstić information content (AvgIpc) is 2.19. The van der Waals surface area contributed by atoms with Gasteiger partial charge in [0.15, 0.2) is 0 Å². The Labute approximate surface area is 92.6 Å². The van der Waals surface area contributed by atoms with E-state index in [4.69, 9.17) is 11.6 Å². The van der Waals surface area contributed by atoms with Crippen molar-refractivity contribution in [2.75, 3.05) is 0 Å². The first-order valence-electron chi connectivity index (χ1n) is 4.63. The normalized spacial score (nSPS) is 14.6. The van der Waals surface area contributed by atoms with Gasteiger partial charge in [0.1, 0.15) is 6.10 Å². The van der Waals surface area contributed by atoms with Crippen LogP contribution in [-0.4, -0.2) is 16.1 Å². The maximum Gasteiger partial charge on any atom is 0.242 e. The summed E-state index contributed by atoms with van der Waals surface area (Å²) in [6.45, 7) is 1.67. The minimum Gasteiger partial charge on any atom is -0.381 e. The highest BCUT2D eigenvalue weighted by molar-refractivity contribution is 6.30. The highest BCUT2D eigenvalue weighted by Gasteiger charge is 2.28. The van der Waals surface area contributed by atoms with Crippen molar-refractivity contribution < 1.29 is 10.0 Å². The lowest BCUT2D eigenvalue weighted by molar-refractivity contribution is -0.536. The predicted octanol–water partition coefficient (Wildman–Crippen LogP) is 2.43. The van der Waals surface area contributed by atoms with Gasteiger partial charge in [0, 0.05) is 16.4 Å². The Kier molecular flexibility index (Phi) is 4.05. The van der Waals surface area contributed by atoms with E-state index in [0.717, 1.165) is 0 Å². The van der Waals surface area contributed by atoms with E-state index in [1.54, 1.807) is 31.2 Å². The van der Waals surface area contributed by atoms with E-state index >= 15 is 0 Å². The second kappa shape index (κ2) is 5.09. The van der Waals surface area contributed by atoms with Crippen LogP contribution in [0.2, 0.25) is 5.02 Å². The van der Waals surface area contributed by atoms with Gasteiger partial charge in [-0.25, -0.2) is 0 Å². The van der Waals surface area contributed by atoms with Crippen molar-refractivity contribution in [3.8, 4) is 0 Å². The molecule has 0 bridgehead atoms. The largest absolute Gasteiger partial charge is 0.381 e. The van der Waals surface area contributed by atoms with Gasteiger partial charge in [0.25, 0.3) is 0 Å². The fraction of sp³-hybridized carbons (Fsp3) is 0.400. The van der Waals surface area contributed by atoms with Gasteiger partial charge >= 0.3 is 0 Å². The molecule has 1 rings (SSSR count). The van der Waals surface area contributed by atoms with Crippen LogP contribution in [0.1, 0.15) is 25.0 Å². The van der Waals surface area contributed by atoms with Crippen molar-refractivity contribution in [2.24, 2.45) is 0 Å². The SMILES string of the molecule is CC[C@@H]([C@H](O)c1ccc(Cl)cc1)[N+](=O)[O-]. The van der Waals surface area contributed by atoms with Crippen LogP contribution < -0.4 is 0 Å². The summed E-state index contributed by atoms with van der Waals surface area (Å²) in [5.41, 5.74) is 0.517. The van der Waals surface area contributed by atoms with Gasteiger partial charge in [-0.1, -0.05) is 30.7 Å². The van der Waals surface area contributed by atoms with Crippen molar-refractivity contribution in [1.29, 1.82) is 0 Å². The molecular weight excluding hydrogens is 218 g/mol. The highest BCUT2D eigenvalue weighted by atomic mass is 35.5. The Bertz CT molecular complexity index is 339. The minimum absolute atomic E-state index is 0.288. The standard InChI is InChI=1S/C10H12ClNO3/c1-2-9(12(14)15)10(13)7-3-5-8(11)6-4-7/h3-6,9-10,13H,2H2,1H3/t9-,10+/m0/s1. The maximum absolute atomic E-state index is 10.6. The Morgan fingerprint density at radius 1 is 1.47 bits per heavy atom. The summed E-state index contributed by atoms with van der Waals surface area (Å²) in [5.74, 6) is 0. The third-order valence-corrected chi connectivity index (χ3v) is 2.52. The molecule has 0 aliphatic carbocycles. The molecule has 82 valence electrons. The molecule has 2 atom stereocenters. The molecule has 0 spiro atoms. The summed E-state index contributed by atoms with van der Waals surface area (Å²) in [4.78, 5) is 10.2. The third kappa shape index (κ3) is 2.91. The van der Waals surface area contributed by atoms with E-state index in [1.807, 2.05) is 0 Å². The number of nitrogens with zero attached hydrogens (tertiary/aromatic N) is 1. The Morgan fingerprint density at radius 2 is 2.00 bits per heavy atom. The molecule has 1 N–H and O–H groups in total. The summed E-state index contributed by atoms with van der Waals surface area (Å²) in [5, 5.41) is 20.9. The van der Waals surface area contributed by atoms with E-state index in [1.165, 1.54) is 0 Å². The smallest absolute Gasteiger partial charge is 0.242 e. The van der Waals surface area contributed by atoms with E-state index in [0.29, 0.717) is 10.6 Å². The van der Waals surface area contributed by atoms with Crippen LogP contribution in [0.4, 0.5) is 0 Å². The Morgan fingerprint density at radius 3 is 2.40 bits per heavy atom. The predicted molar refractivity (Wildman–Crippen MR) is 57.5 cm³/mol. The number of aliphatic hydroxyl groups is 1. The molecule has 0 saturated carbocycles. The summed E-state index contributed by atoms with van der Waals surface area (Å²) in [7, 11) is 0. The number of benzene rings is 1. The van der Waals surface area contributed by atoms with Crippen LogP contribution >= 0.6 is 11.6 Å². The number of hydrogen-bond acceptors (Lipinski definition) is 3. The molecule has 0 unspecified atom stereocenters. The van der Waals surface area contributed by atoms with Gasteiger partial charge in [-0.3, -0.25) is 10.1 Å². The zero-order valence-corrected chi connectivity index (χ0v) is 9.02. The first-order valence-corrected chi connectivity index (χ1v) is 5.01. The van der Waals surface area contributed by atoms with Gasteiger partial charge < -0.3 is 5.11 Å². The summed E-state index contributed by atoms with van der Waals surface area (Å²) in [6, 6.07) is 5.43. The molecule has 0 aliphatic heterocycles. The third-order valence-electron chi connectivity index (χ3n) is 2.27. The van der Waals surface area contributed by atoms with Gasteiger partial charge in [0.05, 0.1) is 0 Å². The van der Waals surface area contributed by atoms with Crippen LogP contribution in [-0.2, 0) is 0 Å². The topological polar surface area (TPSA) is 63.4 Å². The highest BCUT2D eigenvalue weighted by Crippen LogP contribution is 2.22. The number of halogens is 1. The molecule has 0 aromatic heterocycles. The van der Waals surface area contributed by atoms with E-state index in [2.05, 4.69) is 0 Å². The number of hydrogen-bond donors (Lipinski definition) is 1. The second-order valence-corrected chi connectivity index (χ2v) is 3.69. The van der Waals surface area contributed by atoms with Crippen molar-refractivity contribution in [2.45, 2.75) is 25.5 Å². The molecule has 1 aromatic rings. The first kappa shape index (κ1) is 11.9. The summed E-state index contributed by atoms with van der Waals surface area (Å²) >= 11 is 5.68. The molecule has 4 nitrogen and oxygen atoms in total. The van der Waals surface area contributed by atoms with E-state index in [9.17, 15) is 15.2 Å². The lowest BCUT2D eigenvalue weighted by Gasteiger charge is -2.14. The van der Waals surface area contributed by atoms with Crippen molar-refractivity contribution in [3.05, 3.63) is 45.0 Å². The Balaban J connectivity index is 2.87. The van der Waals surface area contributed by atoms with E-state index < -0.39 is 17.1 Å². The van der Waals surface area contributed by atoms with Crippen LogP contribution in [0.3, 0.4) is 0 Å². The number of aliphatic hydroxyl groups excluding tert-OH is 1. The molecule has 0 heterocycles. The monoisotopic (exact) mass is 229 g/mol. The maximum atomic E-state index is 10.6. The number of nitro groups is 1. The van der Waals surface area contributed by atoms with Gasteiger partial charge in [-0.15, -0.1) is 0 Å². The molecule has 0 amide bonds. The lowest BCUT2D eigenvalue weighted by Crippen LogP contribution is -2.26. The molecule has 15 heavy (non-hydrogen) atoms. The minimum atomic E-state index is -1.08. The van der Waals surface area contributed by atoms with Crippen molar-refractivity contribution in [3.63, 3.8) is 0 Å². The van der Waals surface area contributed by atoms with Gasteiger partial charge in [-0.05, 0) is 17.7 Å². The molecule has 0 fully saturated rings. The lowest BCUT2D eigenvalue weighted by atomic mass is 10.0. The van der Waals surface area contributed by atoms with Crippen LogP contribution in [0.15, 0.2) is 24.3 Å². The fourth-order valence-corrected chi connectivity index (χ4v) is 1.50. The zero-order valence-electron chi connectivity index (χ0n) is 8.26. The second-order valence-electron chi connectivity index (χ2n) is 3.26. The Hall–Kier alpha value is -1.13. The van der Waals surface area contributed by atoms with Gasteiger partial charge in [-0.2, -0.15) is 0 Å². The first-order chi connectivity index (χ1) is 7.06.